The SMILES string of the molecule is CCS(=O)(=O)CC(C)NC1CC(O)C1(C)C. The molecule has 0 radical (unpaired) electrons. The van der Waals surface area contributed by atoms with Crippen LogP contribution in [0.1, 0.15) is 34.1 Å². The van der Waals surface area contributed by atoms with Gasteiger partial charge in [-0.2, -0.15) is 0 Å². The maximum atomic E-state index is 11.4. The Bertz CT molecular complexity index is 337. The Kier molecular flexibility index (Phi) is 4.03. The summed E-state index contributed by atoms with van der Waals surface area (Å²) in [6.07, 6.45) is 0.434. The molecule has 1 fully saturated rings. The minimum absolute atomic E-state index is 0.0540. The summed E-state index contributed by atoms with van der Waals surface area (Å²) in [6, 6.07) is 0.159. The van der Waals surface area contributed by atoms with Gasteiger partial charge in [-0.3, -0.25) is 0 Å². The van der Waals surface area contributed by atoms with Crippen molar-refractivity contribution in [2.75, 3.05) is 11.5 Å². The van der Waals surface area contributed by atoms with E-state index in [1.807, 2.05) is 20.8 Å². The van der Waals surface area contributed by atoms with E-state index in [-0.39, 0.29) is 35.1 Å². The average Bonchev–Trinajstić information content (AvgIpc) is 2.16. The Morgan fingerprint density at radius 2 is 2.06 bits per heavy atom. The summed E-state index contributed by atoms with van der Waals surface area (Å²) in [7, 11) is -2.92. The molecule has 1 saturated carbocycles. The van der Waals surface area contributed by atoms with Crippen molar-refractivity contribution in [1.82, 2.24) is 5.32 Å². The van der Waals surface area contributed by atoms with Crippen molar-refractivity contribution < 1.29 is 13.5 Å². The standard InChI is InChI=1S/C11H23NO3S/c1-5-16(14,15)7-8(2)12-9-6-10(13)11(9,3)4/h8-10,12-13H,5-7H2,1-4H3. The Morgan fingerprint density at radius 1 is 1.50 bits per heavy atom. The van der Waals surface area contributed by atoms with Crippen molar-refractivity contribution >= 4 is 9.84 Å². The van der Waals surface area contributed by atoms with Crippen LogP contribution in [0, 0.1) is 5.41 Å². The number of nitrogens with one attached hydrogen (secondary N) is 1. The zero-order valence-corrected chi connectivity index (χ0v) is 11.3. The van der Waals surface area contributed by atoms with Crippen LogP contribution in [0.25, 0.3) is 0 Å². The van der Waals surface area contributed by atoms with Gasteiger partial charge < -0.3 is 10.4 Å². The predicted molar refractivity (Wildman–Crippen MR) is 65.1 cm³/mol. The fourth-order valence-electron chi connectivity index (χ4n) is 2.08. The summed E-state index contributed by atoms with van der Waals surface area (Å²) >= 11 is 0. The summed E-state index contributed by atoms with van der Waals surface area (Å²) in [6.45, 7) is 7.55. The summed E-state index contributed by atoms with van der Waals surface area (Å²) < 4.78 is 22.9. The molecule has 3 unspecified atom stereocenters. The molecule has 2 N–H and O–H groups in total. The summed E-state index contributed by atoms with van der Waals surface area (Å²) in [4.78, 5) is 0. The maximum Gasteiger partial charge on any atom is 0.151 e. The zero-order chi connectivity index (χ0) is 12.6. The molecule has 1 aliphatic rings. The van der Waals surface area contributed by atoms with Gasteiger partial charge in [-0.25, -0.2) is 8.42 Å². The topological polar surface area (TPSA) is 66.4 Å². The normalized spacial score (nSPS) is 30.8. The third-order valence-electron chi connectivity index (χ3n) is 3.65. The monoisotopic (exact) mass is 249 g/mol. The van der Waals surface area contributed by atoms with Crippen LogP contribution in [-0.4, -0.2) is 43.2 Å². The molecule has 0 aromatic rings. The lowest BCUT2D eigenvalue weighted by Gasteiger charge is -2.50. The number of rotatable bonds is 5. The quantitative estimate of drug-likeness (QED) is 0.747. The van der Waals surface area contributed by atoms with Gasteiger partial charge in [0.15, 0.2) is 9.84 Å². The number of aliphatic hydroxyl groups is 1. The molecular formula is C11H23NO3S. The lowest BCUT2D eigenvalue weighted by Crippen LogP contribution is -2.62. The number of aliphatic hydroxyl groups excluding tert-OH is 1. The third kappa shape index (κ3) is 2.96. The van der Waals surface area contributed by atoms with E-state index in [4.69, 9.17) is 0 Å². The van der Waals surface area contributed by atoms with Gasteiger partial charge >= 0.3 is 0 Å². The van der Waals surface area contributed by atoms with Gasteiger partial charge in [0.25, 0.3) is 0 Å². The van der Waals surface area contributed by atoms with Crippen LogP contribution in [0.2, 0.25) is 0 Å². The fourth-order valence-corrected chi connectivity index (χ4v) is 3.17. The first-order valence-corrected chi connectivity index (χ1v) is 7.65. The van der Waals surface area contributed by atoms with Crippen LogP contribution >= 0.6 is 0 Å². The highest BCUT2D eigenvalue weighted by Crippen LogP contribution is 2.40. The van der Waals surface area contributed by atoms with Crippen molar-refractivity contribution in [2.24, 2.45) is 5.41 Å². The Morgan fingerprint density at radius 3 is 2.44 bits per heavy atom. The van der Waals surface area contributed by atoms with E-state index >= 15 is 0 Å². The summed E-state index contributed by atoms with van der Waals surface area (Å²) in [5.74, 6) is 0.363. The number of sulfone groups is 1. The minimum Gasteiger partial charge on any atom is -0.392 e. The van der Waals surface area contributed by atoms with E-state index in [1.165, 1.54) is 0 Å². The Balaban J connectivity index is 2.45. The van der Waals surface area contributed by atoms with Crippen LogP contribution in [0.3, 0.4) is 0 Å². The van der Waals surface area contributed by atoms with E-state index in [9.17, 15) is 13.5 Å². The molecule has 1 aliphatic carbocycles. The molecule has 4 nitrogen and oxygen atoms in total. The van der Waals surface area contributed by atoms with Gasteiger partial charge in [-0.1, -0.05) is 20.8 Å². The molecule has 5 heteroatoms. The molecule has 96 valence electrons. The largest absolute Gasteiger partial charge is 0.392 e. The lowest BCUT2D eigenvalue weighted by molar-refractivity contribution is -0.0746. The fraction of sp³-hybridized carbons (Fsp3) is 1.00. The van der Waals surface area contributed by atoms with Crippen molar-refractivity contribution in [3.63, 3.8) is 0 Å². The molecule has 0 bridgehead atoms. The van der Waals surface area contributed by atoms with E-state index in [0.717, 1.165) is 0 Å². The average molecular weight is 249 g/mol. The Labute approximate surface area is 98.4 Å². The first-order valence-electron chi connectivity index (χ1n) is 5.83. The minimum atomic E-state index is -2.92. The van der Waals surface area contributed by atoms with Crippen molar-refractivity contribution in [1.29, 1.82) is 0 Å². The molecule has 16 heavy (non-hydrogen) atoms. The number of hydrogen-bond acceptors (Lipinski definition) is 4. The van der Waals surface area contributed by atoms with E-state index in [2.05, 4.69) is 5.32 Å². The summed E-state index contributed by atoms with van der Waals surface area (Å²) in [5.41, 5.74) is -0.149. The van der Waals surface area contributed by atoms with Gasteiger partial charge in [0.05, 0.1) is 11.9 Å². The zero-order valence-electron chi connectivity index (χ0n) is 10.5. The lowest BCUT2D eigenvalue weighted by atomic mass is 9.64. The highest BCUT2D eigenvalue weighted by molar-refractivity contribution is 7.91. The second-order valence-electron chi connectivity index (χ2n) is 5.39. The second-order valence-corrected chi connectivity index (χ2v) is 7.79. The molecule has 0 aromatic heterocycles. The van der Waals surface area contributed by atoms with Gasteiger partial charge in [-0.15, -0.1) is 0 Å². The molecule has 0 aliphatic heterocycles. The molecule has 0 amide bonds. The molecule has 0 heterocycles. The van der Waals surface area contributed by atoms with Crippen LogP contribution in [-0.2, 0) is 9.84 Å². The van der Waals surface area contributed by atoms with Crippen LogP contribution < -0.4 is 5.32 Å². The molecule has 0 aromatic carbocycles. The Hall–Kier alpha value is -0.130. The van der Waals surface area contributed by atoms with Crippen molar-refractivity contribution in [2.45, 2.75) is 52.3 Å². The number of hydrogen-bond donors (Lipinski definition) is 2. The smallest absolute Gasteiger partial charge is 0.151 e. The third-order valence-corrected chi connectivity index (χ3v) is 5.53. The highest BCUT2D eigenvalue weighted by Gasteiger charge is 2.47. The first kappa shape index (κ1) is 13.9. The van der Waals surface area contributed by atoms with E-state index < -0.39 is 9.84 Å². The second kappa shape index (κ2) is 4.63. The molecule has 1 rings (SSSR count). The van der Waals surface area contributed by atoms with E-state index in [1.54, 1.807) is 6.92 Å². The van der Waals surface area contributed by atoms with Crippen molar-refractivity contribution in [3.05, 3.63) is 0 Å². The molecule has 0 saturated heterocycles. The van der Waals surface area contributed by atoms with Gasteiger partial charge in [-0.05, 0) is 13.3 Å². The van der Waals surface area contributed by atoms with Gasteiger partial charge in [0.1, 0.15) is 0 Å². The van der Waals surface area contributed by atoms with Gasteiger partial charge in [0, 0.05) is 23.3 Å². The molecule has 3 atom stereocenters. The van der Waals surface area contributed by atoms with Crippen LogP contribution in [0.5, 0.6) is 0 Å². The highest BCUT2D eigenvalue weighted by atomic mass is 32.2. The van der Waals surface area contributed by atoms with E-state index in [0.29, 0.717) is 6.42 Å². The van der Waals surface area contributed by atoms with Gasteiger partial charge in [0.2, 0.25) is 0 Å². The molecular weight excluding hydrogens is 226 g/mol. The molecule has 0 spiro atoms. The van der Waals surface area contributed by atoms with Crippen LogP contribution in [0.15, 0.2) is 0 Å². The van der Waals surface area contributed by atoms with Crippen molar-refractivity contribution in [3.8, 4) is 0 Å². The maximum absolute atomic E-state index is 11.4. The first-order chi connectivity index (χ1) is 7.19. The predicted octanol–water partition coefficient (Wildman–Crippen LogP) is 0.559. The summed E-state index contributed by atoms with van der Waals surface area (Å²) in [5, 5.41) is 12.9. The van der Waals surface area contributed by atoms with Crippen LogP contribution in [0.4, 0.5) is 0 Å².